The van der Waals surface area contributed by atoms with Gasteiger partial charge in [-0.05, 0) is 25.0 Å². The summed E-state index contributed by atoms with van der Waals surface area (Å²) in [7, 11) is 0. The van der Waals surface area contributed by atoms with Gasteiger partial charge >= 0.3 is 0 Å². The molecule has 0 aromatic carbocycles. The first-order valence-corrected chi connectivity index (χ1v) is 3.94. The van der Waals surface area contributed by atoms with Crippen LogP contribution in [0.5, 0.6) is 0 Å². The summed E-state index contributed by atoms with van der Waals surface area (Å²) in [6.45, 7) is 0. The molecule has 1 aromatic rings. The Kier molecular flexibility index (Phi) is 1.44. The van der Waals surface area contributed by atoms with E-state index in [1.807, 2.05) is 6.07 Å². The molecule has 1 aliphatic rings. The summed E-state index contributed by atoms with van der Waals surface area (Å²) in [5.74, 6) is 0.613. The fourth-order valence-corrected chi connectivity index (χ4v) is 1.02. The highest BCUT2D eigenvalue weighted by Gasteiger charge is 2.45. The van der Waals surface area contributed by atoms with Crippen molar-refractivity contribution < 1.29 is 4.79 Å². The maximum atomic E-state index is 11.3. The van der Waals surface area contributed by atoms with Gasteiger partial charge < -0.3 is 16.0 Å². The highest BCUT2D eigenvalue weighted by Crippen LogP contribution is 2.33. The predicted molar refractivity (Wildman–Crippen MR) is 45.6 cm³/mol. The van der Waals surface area contributed by atoms with E-state index in [1.165, 1.54) is 0 Å². The molecule has 4 heteroatoms. The summed E-state index contributed by atoms with van der Waals surface area (Å²) in [6.07, 6.45) is 3.34. The van der Waals surface area contributed by atoms with Crippen LogP contribution in [-0.4, -0.2) is 16.4 Å². The molecule has 1 amide bonds. The second-order valence-electron chi connectivity index (χ2n) is 3.19. The molecule has 2 rings (SSSR count). The van der Waals surface area contributed by atoms with Crippen LogP contribution >= 0.6 is 0 Å². The molecule has 1 fully saturated rings. The molecular formula is C8H11N3O. The zero-order chi connectivity index (χ0) is 8.60. The zero-order valence-corrected chi connectivity index (χ0v) is 6.63. The molecule has 1 heterocycles. The monoisotopic (exact) mass is 165 g/mol. The van der Waals surface area contributed by atoms with Crippen molar-refractivity contribution in [2.75, 3.05) is 5.32 Å². The van der Waals surface area contributed by atoms with E-state index in [2.05, 4.69) is 10.3 Å². The summed E-state index contributed by atoms with van der Waals surface area (Å²) in [5.41, 5.74) is 5.09. The summed E-state index contributed by atoms with van der Waals surface area (Å²) >= 11 is 0. The van der Waals surface area contributed by atoms with Crippen LogP contribution in [0.15, 0.2) is 18.3 Å². The molecule has 0 spiro atoms. The van der Waals surface area contributed by atoms with Crippen molar-refractivity contribution in [1.29, 1.82) is 0 Å². The standard InChI is InChI=1S/C8H11N3O/c9-8(3-4-8)7(12)11-6-2-1-5-10-6/h1-2,5,10H,3-4,9H2,(H,11,12). The summed E-state index contributed by atoms with van der Waals surface area (Å²) in [6, 6.07) is 3.62. The van der Waals surface area contributed by atoms with Gasteiger partial charge in [0.05, 0.1) is 5.54 Å². The van der Waals surface area contributed by atoms with Crippen molar-refractivity contribution >= 4 is 11.7 Å². The first-order valence-electron chi connectivity index (χ1n) is 3.94. The number of aromatic amines is 1. The highest BCUT2D eigenvalue weighted by atomic mass is 16.2. The average Bonchev–Trinajstić information content (AvgIpc) is 2.63. The van der Waals surface area contributed by atoms with Crippen LogP contribution in [0.3, 0.4) is 0 Å². The van der Waals surface area contributed by atoms with Crippen LogP contribution in [0.25, 0.3) is 0 Å². The van der Waals surface area contributed by atoms with Gasteiger partial charge in [0.1, 0.15) is 5.82 Å². The molecule has 0 saturated heterocycles. The Labute approximate surface area is 70.1 Å². The van der Waals surface area contributed by atoms with Gasteiger partial charge in [0, 0.05) is 6.20 Å². The fraction of sp³-hybridized carbons (Fsp3) is 0.375. The van der Waals surface area contributed by atoms with Crippen molar-refractivity contribution in [3.8, 4) is 0 Å². The Balaban J connectivity index is 2.00. The van der Waals surface area contributed by atoms with Crippen molar-refractivity contribution in [3.05, 3.63) is 18.3 Å². The number of nitrogens with one attached hydrogen (secondary N) is 2. The van der Waals surface area contributed by atoms with Crippen molar-refractivity contribution in [1.82, 2.24) is 4.98 Å². The molecule has 0 radical (unpaired) electrons. The Morgan fingerprint density at radius 3 is 2.92 bits per heavy atom. The number of aromatic nitrogens is 1. The number of amides is 1. The highest BCUT2D eigenvalue weighted by molar-refractivity contribution is 5.99. The number of H-pyrrole nitrogens is 1. The van der Waals surface area contributed by atoms with Gasteiger partial charge in [-0.25, -0.2) is 0 Å². The van der Waals surface area contributed by atoms with Crippen molar-refractivity contribution in [2.45, 2.75) is 18.4 Å². The molecule has 0 bridgehead atoms. The van der Waals surface area contributed by atoms with E-state index < -0.39 is 5.54 Å². The fourth-order valence-electron chi connectivity index (χ4n) is 1.02. The van der Waals surface area contributed by atoms with E-state index in [-0.39, 0.29) is 5.91 Å². The Bertz CT molecular complexity index is 287. The molecule has 0 atom stereocenters. The first kappa shape index (κ1) is 7.36. The second-order valence-corrected chi connectivity index (χ2v) is 3.19. The molecule has 12 heavy (non-hydrogen) atoms. The molecule has 0 unspecified atom stereocenters. The van der Waals surface area contributed by atoms with Gasteiger partial charge in [-0.3, -0.25) is 4.79 Å². The van der Waals surface area contributed by atoms with Gasteiger partial charge in [-0.15, -0.1) is 0 Å². The third-order valence-corrected chi connectivity index (χ3v) is 2.09. The van der Waals surface area contributed by atoms with Gasteiger partial charge in [0.2, 0.25) is 5.91 Å². The Morgan fingerprint density at radius 2 is 2.42 bits per heavy atom. The third-order valence-electron chi connectivity index (χ3n) is 2.09. The first-order chi connectivity index (χ1) is 5.71. The lowest BCUT2D eigenvalue weighted by atomic mass is 10.3. The van der Waals surface area contributed by atoms with E-state index in [0.29, 0.717) is 5.82 Å². The Morgan fingerprint density at radius 1 is 1.67 bits per heavy atom. The number of carbonyl (C=O) groups excluding carboxylic acids is 1. The molecular weight excluding hydrogens is 154 g/mol. The van der Waals surface area contributed by atoms with E-state index >= 15 is 0 Å². The van der Waals surface area contributed by atoms with Gasteiger partial charge in [0.15, 0.2) is 0 Å². The quantitative estimate of drug-likeness (QED) is 0.595. The van der Waals surface area contributed by atoms with Crippen LogP contribution in [0.1, 0.15) is 12.8 Å². The average molecular weight is 165 g/mol. The largest absolute Gasteiger partial charge is 0.348 e. The number of rotatable bonds is 2. The van der Waals surface area contributed by atoms with Crippen molar-refractivity contribution in [3.63, 3.8) is 0 Å². The van der Waals surface area contributed by atoms with E-state index in [4.69, 9.17) is 5.73 Å². The van der Waals surface area contributed by atoms with E-state index in [0.717, 1.165) is 12.8 Å². The minimum Gasteiger partial charge on any atom is -0.348 e. The predicted octanol–water partition coefficient (Wildman–Crippen LogP) is 0.444. The third kappa shape index (κ3) is 1.21. The minimum absolute atomic E-state index is 0.0926. The van der Waals surface area contributed by atoms with E-state index in [9.17, 15) is 4.79 Å². The number of anilines is 1. The minimum atomic E-state index is -0.592. The zero-order valence-electron chi connectivity index (χ0n) is 6.63. The number of hydrogen-bond donors (Lipinski definition) is 3. The molecule has 4 N–H and O–H groups in total. The molecule has 4 nitrogen and oxygen atoms in total. The number of nitrogens with two attached hydrogens (primary N) is 1. The summed E-state index contributed by atoms with van der Waals surface area (Å²) < 4.78 is 0. The molecule has 64 valence electrons. The number of carbonyl (C=O) groups is 1. The molecule has 0 aliphatic heterocycles. The maximum Gasteiger partial charge on any atom is 0.245 e. The van der Waals surface area contributed by atoms with Crippen LogP contribution < -0.4 is 11.1 Å². The van der Waals surface area contributed by atoms with Crippen LogP contribution in [-0.2, 0) is 4.79 Å². The van der Waals surface area contributed by atoms with Crippen LogP contribution in [0.4, 0.5) is 5.82 Å². The normalized spacial score (nSPS) is 18.8. The molecule has 1 saturated carbocycles. The molecule has 1 aliphatic carbocycles. The summed E-state index contributed by atoms with van der Waals surface area (Å²) in [4.78, 5) is 14.2. The van der Waals surface area contributed by atoms with E-state index in [1.54, 1.807) is 12.3 Å². The summed E-state index contributed by atoms with van der Waals surface area (Å²) in [5, 5.41) is 2.70. The lowest BCUT2D eigenvalue weighted by Gasteiger charge is -2.07. The maximum absolute atomic E-state index is 11.3. The van der Waals surface area contributed by atoms with Gasteiger partial charge in [-0.1, -0.05) is 0 Å². The lowest BCUT2D eigenvalue weighted by molar-refractivity contribution is -0.118. The van der Waals surface area contributed by atoms with Crippen LogP contribution in [0, 0.1) is 0 Å². The topological polar surface area (TPSA) is 70.9 Å². The van der Waals surface area contributed by atoms with Gasteiger partial charge in [0.25, 0.3) is 0 Å². The Hall–Kier alpha value is -1.29. The SMILES string of the molecule is NC1(C(=O)Nc2ccc[nH]2)CC1. The molecule has 1 aromatic heterocycles. The second kappa shape index (κ2) is 2.35. The lowest BCUT2D eigenvalue weighted by Crippen LogP contribution is -2.37. The van der Waals surface area contributed by atoms with Crippen LogP contribution in [0.2, 0.25) is 0 Å². The smallest absolute Gasteiger partial charge is 0.245 e. The number of hydrogen-bond acceptors (Lipinski definition) is 2. The van der Waals surface area contributed by atoms with Crippen molar-refractivity contribution in [2.24, 2.45) is 5.73 Å². The van der Waals surface area contributed by atoms with Gasteiger partial charge in [-0.2, -0.15) is 0 Å².